The number of hydrogen-bond acceptors (Lipinski definition) is 3. The highest BCUT2D eigenvalue weighted by Crippen LogP contribution is 2.08. The van der Waals surface area contributed by atoms with Crippen LogP contribution in [0, 0.1) is 0 Å². The van der Waals surface area contributed by atoms with Crippen LogP contribution < -0.4 is 11.1 Å². The summed E-state index contributed by atoms with van der Waals surface area (Å²) in [6, 6.07) is 8.45. The van der Waals surface area contributed by atoms with Gasteiger partial charge in [-0.25, -0.2) is 0 Å². The second kappa shape index (κ2) is 5.48. The fraction of sp³-hybridized carbons (Fsp3) is 0.364. The van der Waals surface area contributed by atoms with Crippen molar-refractivity contribution in [2.24, 2.45) is 5.73 Å². The number of carbonyl (C=O) groups excluding carboxylic acids is 1. The molecule has 0 fully saturated rings. The van der Waals surface area contributed by atoms with Crippen molar-refractivity contribution < 1.29 is 9.90 Å². The number of aliphatic hydroxyl groups excluding tert-OH is 1. The summed E-state index contributed by atoms with van der Waals surface area (Å²) in [5.74, 6) is -0.276. The molecule has 0 aromatic heterocycles. The smallest absolute Gasteiger partial charge is 0.241 e. The Hall–Kier alpha value is -1.39. The Bertz CT molecular complexity index is 312. The molecule has 1 aromatic rings. The number of benzene rings is 1. The average molecular weight is 208 g/mol. The normalized spacial score (nSPS) is 14.3. The highest BCUT2D eigenvalue weighted by molar-refractivity contribution is 5.82. The maximum Gasteiger partial charge on any atom is 0.241 e. The Balaban J connectivity index is 2.54. The lowest BCUT2D eigenvalue weighted by Gasteiger charge is -2.13. The van der Waals surface area contributed by atoms with Gasteiger partial charge < -0.3 is 16.2 Å². The quantitative estimate of drug-likeness (QED) is 0.661. The largest absolute Gasteiger partial charge is 0.392 e. The minimum atomic E-state index is -0.676. The summed E-state index contributed by atoms with van der Waals surface area (Å²) in [4.78, 5) is 11.5. The summed E-state index contributed by atoms with van der Waals surface area (Å²) in [5.41, 5.74) is 6.50. The number of carbonyl (C=O) groups is 1. The third-order valence-corrected chi connectivity index (χ3v) is 2.01. The molecule has 0 heterocycles. The van der Waals surface area contributed by atoms with E-state index in [0.717, 1.165) is 5.56 Å². The van der Waals surface area contributed by atoms with E-state index in [2.05, 4.69) is 5.32 Å². The minimum Gasteiger partial charge on any atom is -0.392 e. The SMILES string of the molecule is CC(O)CNC(=O)[C@H](N)c1ccccc1. The maximum atomic E-state index is 11.5. The van der Waals surface area contributed by atoms with E-state index in [1.165, 1.54) is 0 Å². The molecule has 4 N–H and O–H groups in total. The van der Waals surface area contributed by atoms with Crippen LogP contribution in [0.5, 0.6) is 0 Å². The van der Waals surface area contributed by atoms with Gasteiger partial charge >= 0.3 is 0 Å². The van der Waals surface area contributed by atoms with Crippen molar-refractivity contribution in [3.63, 3.8) is 0 Å². The second-order valence-corrected chi connectivity index (χ2v) is 3.48. The standard InChI is InChI=1S/C11H16N2O2/c1-8(14)7-13-11(15)10(12)9-5-3-2-4-6-9/h2-6,8,10,14H,7,12H2,1H3,(H,13,15)/t8?,10-/m1/s1. The summed E-state index contributed by atoms with van der Waals surface area (Å²) >= 11 is 0. The fourth-order valence-electron chi connectivity index (χ4n) is 1.17. The Labute approximate surface area is 89.1 Å². The molecule has 0 radical (unpaired) electrons. The molecule has 15 heavy (non-hydrogen) atoms. The number of rotatable bonds is 4. The molecule has 0 aliphatic rings. The van der Waals surface area contributed by atoms with Crippen LogP contribution in [0.2, 0.25) is 0 Å². The molecule has 1 unspecified atom stereocenters. The molecule has 0 spiro atoms. The van der Waals surface area contributed by atoms with E-state index < -0.39 is 12.1 Å². The molecule has 0 bridgehead atoms. The zero-order valence-electron chi connectivity index (χ0n) is 8.68. The molecule has 4 nitrogen and oxygen atoms in total. The Morgan fingerprint density at radius 1 is 1.47 bits per heavy atom. The van der Waals surface area contributed by atoms with Gasteiger partial charge in [-0.05, 0) is 12.5 Å². The summed E-state index contributed by atoms with van der Waals surface area (Å²) in [6.45, 7) is 1.83. The van der Waals surface area contributed by atoms with Crippen molar-refractivity contribution in [1.82, 2.24) is 5.32 Å². The molecule has 1 amide bonds. The molecule has 82 valence electrons. The van der Waals surface area contributed by atoms with Crippen molar-refractivity contribution in [1.29, 1.82) is 0 Å². The van der Waals surface area contributed by atoms with Gasteiger partial charge in [0.05, 0.1) is 6.10 Å². The van der Waals surface area contributed by atoms with Crippen LogP contribution in [-0.2, 0) is 4.79 Å². The van der Waals surface area contributed by atoms with Crippen LogP contribution in [0.1, 0.15) is 18.5 Å². The number of nitrogens with one attached hydrogen (secondary N) is 1. The Morgan fingerprint density at radius 3 is 2.60 bits per heavy atom. The van der Waals surface area contributed by atoms with Gasteiger partial charge in [-0.3, -0.25) is 4.79 Å². The predicted molar refractivity (Wildman–Crippen MR) is 58.1 cm³/mol. The van der Waals surface area contributed by atoms with Crippen LogP contribution >= 0.6 is 0 Å². The van der Waals surface area contributed by atoms with Gasteiger partial charge in [0.15, 0.2) is 0 Å². The summed E-state index contributed by atoms with van der Waals surface area (Å²) < 4.78 is 0. The molecule has 1 aromatic carbocycles. The molecule has 0 saturated carbocycles. The summed E-state index contributed by atoms with van der Waals surface area (Å²) in [5, 5.41) is 11.6. The third-order valence-electron chi connectivity index (χ3n) is 2.01. The van der Waals surface area contributed by atoms with E-state index in [1.807, 2.05) is 18.2 Å². The van der Waals surface area contributed by atoms with Gasteiger partial charge in [-0.15, -0.1) is 0 Å². The highest BCUT2D eigenvalue weighted by atomic mass is 16.3. The van der Waals surface area contributed by atoms with Gasteiger partial charge in [0.2, 0.25) is 5.91 Å². The van der Waals surface area contributed by atoms with Gasteiger partial charge in [0.25, 0.3) is 0 Å². The predicted octanol–water partition coefficient (Wildman–Crippen LogP) is 0.183. The second-order valence-electron chi connectivity index (χ2n) is 3.48. The van der Waals surface area contributed by atoms with Crippen LogP contribution in [0.4, 0.5) is 0 Å². The first-order valence-electron chi connectivity index (χ1n) is 4.87. The summed E-state index contributed by atoms with van der Waals surface area (Å²) in [7, 11) is 0. The van der Waals surface area contributed by atoms with Gasteiger partial charge in [0.1, 0.15) is 6.04 Å². The van der Waals surface area contributed by atoms with Crippen LogP contribution in [0.15, 0.2) is 30.3 Å². The van der Waals surface area contributed by atoms with Crippen molar-refractivity contribution in [3.8, 4) is 0 Å². The van der Waals surface area contributed by atoms with Crippen molar-refractivity contribution in [2.75, 3.05) is 6.54 Å². The lowest BCUT2D eigenvalue weighted by Crippen LogP contribution is -2.37. The van der Waals surface area contributed by atoms with E-state index in [9.17, 15) is 4.79 Å². The third kappa shape index (κ3) is 3.69. The van der Waals surface area contributed by atoms with Crippen LogP contribution in [0.3, 0.4) is 0 Å². The Kier molecular flexibility index (Phi) is 4.27. The zero-order valence-corrected chi connectivity index (χ0v) is 8.68. The van der Waals surface area contributed by atoms with Crippen LogP contribution in [0.25, 0.3) is 0 Å². The first-order valence-corrected chi connectivity index (χ1v) is 4.87. The molecular formula is C11H16N2O2. The number of aliphatic hydroxyl groups is 1. The molecule has 2 atom stereocenters. The van der Waals surface area contributed by atoms with Crippen LogP contribution in [-0.4, -0.2) is 23.7 Å². The zero-order chi connectivity index (χ0) is 11.3. The molecule has 4 heteroatoms. The molecule has 0 aliphatic carbocycles. The van der Waals surface area contributed by atoms with E-state index in [1.54, 1.807) is 19.1 Å². The summed E-state index contributed by atoms with van der Waals surface area (Å²) in [6.07, 6.45) is -0.558. The first-order chi connectivity index (χ1) is 7.11. The van der Waals surface area contributed by atoms with Crippen molar-refractivity contribution in [2.45, 2.75) is 19.1 Å². The monoisotopic (exact) mass is 208 g/mol. The van der Waals surface area contributed by atoms with Gasteiger partial charge in [0, 0.05) is 6.54 Å². The topological polar surface area (TPSA) is 75.3 Å². The lowest BCUT2D eigenvalue weighted by atomic mass is 10.1. The lowest BCUT2D eigenvalue weighted by molar-refractivity contribution is -0.122. The van der Waals surface area contributed by atoms with Gasteiger partial charge in [-0.1, -0.05) is 30.3 Å². The number of nitrogens with two attached hydrogens (primary N) is 1. The van der Waals surface area contributed by atoms with E-state index in [0.29, 0.717) is 0 Å². The molecule has 0 aliphatic heterocycles. The number of hydrogen-bond donors (Lipinski definition) is 3. The average Bonchev–Trinajstić information content (AvgIpc) is 2.26. The van der Waals surface area contributed by atoms with E-state index >= 15 is 0 Å². The Morgan fingerprint density at radius 2 is 2.07 bits per heavy atom. The maximum absolute atomic E-state index is 11.5. The van der Waals surface area contributed by atoms with Crippen molar-refractivity contribution in [3.05, 3.63) is 35.9 Å². The minimum absolute atomic E-state index is 0.222. The van der Waals surface area contributed by atoms with E-state index in [-0.39, 0.29) is 12.5 Å². The first kappa shape index (κ1) is 11.7. The fourth-order valence-corrected chi connectivity index (χ4v) is 1.17. The van der Waals surface area contributed by atoms with E-state index in [4.69, 9.17) is 10.8 Å². The van der Waals surface area contributed by atoms with Gasteiger partial charge in [-0.2, -0.15) is 0 Å². The molecule has 1 rings (SSSR count). The number of amides is 1. The van der Waals surface area contributed by atoms with Crippen molar-refractivity contribution >= 4 is 5.91 Å². The molecular weight excluding hydrogens is 192 g/mol. The highest BCUT2D eigenvalue weighted by Gasteiger charge is 2.14. The molecule has 0 saturated heterocycles.